The van der Waals surface area contributed by atoms with Gasteiger partial charge in [0.25, 0.3) is 0 Å². The number of amides is 4. The Bertz CT molecular complexity index is 3160. The van der Waals surface area contributed by atoms with Crippen LogP contribution in [0.25, 0.3) is 0 Å². The molecule has 0 bridgehead atoms. The molecule has 0 aliphatic carbocycles. The van der Waals surface area contributed by atoms with Crippen molar-refractivity contribution in [3.05, 3.63) is 0 Å². The van der Waals surface area contributed by atoms with E-state index in [0.717, 1.165) is 27.7 Å². The third-order valence-corrected chi connectivity index (χ3v) is 22.2. The summed E-state index contributed by atoms with van der Waals surface area (Å²) in [5.41, 5.74) is 0. The number of halogens is 1. The summed E-state index contributed by atoms with van der Waals surface area (Å²) in [7, 11) is 0. The van der Waals surface area contributed by atoms with Gasteiger partial charge in [-0.2, -0.15) is 0 Å². The number of aliphatic hydroxyl groups excluding tert-OH is 24. The summed E-state index contributed by atoms with van der Waals surface area (Å²) in [5, 5.41) is 277. The fourth-order valence-electron chi connectivity index (χ4n) is 15.0. The molecule has 0 aromatic rings. The highest BCUT2D eigenvalue weighted by Crippen LogP contribution is 2.40. The van der Waals surface area contributed by atoms with Crippen LogP contribution in [0.5, 0.6) is 0 Å². The number of alkyl halides is 1. The Morgan fingerprint density at radius 2 is 0.533 bits per heavy atom. The van der Waals surface area contributed by atoms with Crippen molar-refractivity contribution < 1.29 is 227 Å². The summed E-state index contributed by atoms with van der Waals surface area (Å²) in [6.45, 7) is 2.44. The van der Waals surface area contributed by atoms with Crippen molar-refractivity contribution >= 4 is 45.3 Å². The number of ether oxygens (including phenoxy) is 17. The van der Waals surface area contributed by atoms with Crippen LogP contribution in [0.15, 0.2) is 0 Å². The molecule has 9 heterocycles. The maximum Gasteiger partial charge on any atom is 0.217 e. The third kappa shape index (κ3) is 25.1. The Morgan fingerprint density at radius 1 is 0.270 bits per heavy atom. The van der Waals surface area contributed by atoms with Crippen LogP contribution in [0.1, 0.15) is 74.7 Å². The minimum atomic E-state index is -2.58. The van der Waals surface area contributed by atoms with E-state index < -0.39 is 371 Å². The lowest BCUT2D eigenvalue weighted by Gasteiger charge is -2.51. The summed E-state index contributed by atoms with van der Waals surface area (Å²) in [6.07, 6.45) is -82.2. The van der Waals surface area contributed by atoms with Crippen molar-refractivity contribution in [2.24, 2.45) is 0 Å². The van der Waals surface area contributed by atoms with E-state index in [1.54, 1.807) is 0 Å². The zero-order valence-corrected chi connectivity index (χ0v) is 69.4. The van der Waals surface area contributed by atoms with Gasteiger partial charge in [0, 0.05) is 34.1 Å². The largest absolute Gasteiger partial charge is 0.394 e. The van der Waals surface area contributed by atoms with E-state index in [-0.39, 0.29) is 5.33 Å². The lowest BCUT2D eigenvalue weighted by atomic mass is 9.89. The van der Waals surface area contributed by atoms with E-state index in [1.165, 1.54) is 12.8 Å². The molecule has 45 atom stereocenters. The predicted octanol–water partition coefficient (Wildman–Crippen LogP) is -15.8. The predicted molar refractivity (Wildman–Crippen MR) is 397 cm³/mol. The summed E-state index contributed by atoms with van der Waals surface area (Å²) in [4.78, 5) is 64.1. The Kier molecular flexibility index (Phi) is 42.2. The van der Waals surface area contributed by atoms with Gasteiger partial charge in [-0.25, -0.2) is 0 Å². The first-order valence-corrected chi connectivity index (χ1v) is 41.0. The topological polar surface area (TPSA) is 776 Å². The molecule has 0 radical (unpaired) electrons. The molecular weight excluding hydrogens is 1720 g/mol. The maximum atomic E-state index is 13.1. The van der Waals surface area contributed by atoms with Crippen LogP contribution in [-0.2, 0) is 104 Å². The lowest BCUT2D eigenvalue weighted by Crippen LogP contribution is -2.71. The molecule has 0 aromatic carbocycles. The number of carbonyl (C=O) groups is 5. The highest BCUT2D eigenvalue weighted by molar-refractivity contribution is 9.09. The van der Waals surface area contributed by atoms with Crippen molar-refractivity contribution in [2.75, 3.05) is 64.8 Å². The van der Waals surface area contributed by atoms with E-state index >= 15 is 0 Å². The molecule has 28 N–H and O–H groups in total. The van der Waals surface area contributed by atoms with Crippen LogP contribution in [0.2, 0.25) is 0 Å². The van der Waals surface area contributed by atoms with Crippen LogP contribution in [-0.4, -0.2) is 493 Å². The van der Waals surface area contributed by atoms with Gasteiger partial charge in [0.1, 0.15) is 219 Å². The number of rotatable bonds is 33. The van der Waals surface area contributed by atoms with Gasteiger partial charge in [0.05, 0.1) is 76.9 Å². The molecule has 0 spiro atoms. The van der Waals surface area contributed by atoms with Crippen LogP contribution >= 0.6 is 15.9 Å². The van der Waals surface area contributed by atoms with Gasteiger partial charge in [0.2, 0.25) is 23.6 Å². The molecule has 19 unspecified atom stereocenters. The molecular formula is C71H123BrN4O46. The zero-order valence-electron chi connectivity index (χ0n) is 67.8. The van der Waals surface area contributed by atoms with Crippen molar-refractivity contribution in [3.8, 4) is 0 Å². The average molecular weight is 1850 g/mol. The van der Waals surface area contributed by atoms with E-state index in [9.17, 15) is 147 Å². The molecule has 0 aromatic heterocycles. The number of hydrogen-bond acceptors (Lipinski definition) is 46. The molecule has 50 nitrogen and oxygen atoms in total. The molecule has 9 aliphatic rings. The Balaban J connectivity index is 0.00000331. The molecule has 0 saturated carbocycles. The van der Waals surface area contributed by atoms with E-state index in [0.29, 0.717) is 0 Å². The summed E-state index contributed by atoms with van der Waals surface area (Å²) < 4.78 is 102. The van der Waals surface area contributed by atoms with Gasteiger partial charge >= 0.3 is 0 Å². The SMILES string of the molecule is CC.CC(=O)NC1C(O)[C@H](O[C@@H]2OC(CO)[C@H](O)[C@H](O)C2O)[C@H](CO)O[C@H]1OC1[C@@H](OCC2O[C@@H](O[C@@H]3C(CO)O[C@@H](O[C@@H]4C(CO)O[C@@H](CC(=O)CBr)C(NC(C)=O)[C@H]4O)C(NC(C)=O)[C@H]3O)C(O)[C@@H](O[C@H]3OC(CO)[C@@H](O)C(O)C3O[C@@H]3OC(CO)[C@@H](O[C@@H]4OC(CO)[C@H](O)[C@H](O)C4O)[C@H](O)C3NC(C)=O)[C@@H]2O)OC(CO)[C@@H](O)[C@@H]1O.CCCC. The monoisotopic (exact) mass is 1850 g/mol. The molecule has 710 valence electrons. The summed E-state index contributed by atoms with van der Waals surface area (Å²) in [6, 6.07) is -7.23. The van der Waals surface area contributed by atoms with Crippen LogP contribution in [0.3, 0.4) is 0 Å². The highest BCUT2D eigenvalue weighted by atomic mass is 79.9. The standard InChI is InChI=1S/C65H107BrN4O46.C4H10.C2H6/c1-16(79)67-31-21(5-20(83)6-66)101-26(11-75)51(40(31)89)110-58-32(68-17(2)80)41(90)54(29(14-78)106-58)113-63-50(99)55(114-65-57(47(96)38(87)25(10-74)105-65)116-60-34(70-19(4)82)43(92)53(28(13-77)108-60)112-62-49(98)45(94)36(85)23(8-72)103-62)39(88)30(109-63)15-100-64-56(46(95)37(86)24(9-73)104-64)115-59-33(69-18(3)81)42(91)52(27(12-76)107-59)111-61-48(97)44(93)35(84)22(7-71)102-61;1-3-4-2;1-2/h21-65,71-78,84-99H,5-15H2,1-4H3,(H,67,79)(H,68,80)(H,69,81)(H,70,82);3-4H2,1-2H3;1-2H3/t21-,22?,23?,24?,25?,26?,27-,28?,29?,30?,31?,32?,33?,34?,35-,36-,37+,38+,39+,40+,41+,42?,43+,44-,45-,46-,47?,48?,49?,50?,51+,52+,53+,54+,55-,56?,57?,58-,59-,60-,61-,62-,63-,64-,65+;;/m0../s1. The van der Waals surface area contributed by atoms with Gasteiger partial charge in [0.15, 0.2) is 50.3 Å². The van der Waals surface area contributed by atoms with Crippen molar-refractivity contribution in [1.82, 2.24) is 21.3 Å². The molecule has 9 aliphatic heterocycles. The highest BCUT2D eigenvalue weighted by Gasteiger charge is 2.61. The Labute approximate surface area is 706 Å². The fraction of sp³-hybridized carbons (Fsp3) is 0.930. The number of ketones is 1. The molecule has 51 heteroatoms. The molecule has 9 rings (SSSR count). The zero-order chi connectivity index (χ0) is 90.9. The normalized spacial score (nSPS) is 45.6. The van der Waals surface area contributed by atoms with Gasteiger partial charge in [-0.15, -0.1) is 0 Å². The minimum Gasteiger partial charge on any atom is -0.394 e. The van der Waals surface area contributed by atoms with Gasteiger partial charge in [-0.1, -0.05) is 56.5 Å². The van der Waals surface area contributed by atoms with E-state index in [4.69, 9.17) is 80.5 Å². The lowest BCUT2D eigenvalue weighted by molar-refractivity contribution is -0.398. The average Bonchev–Trinajstić information content (AvgIpc) is 0.729. The summed E-state index contributed by atoms with van der Waals surface area (Å²) >= 11 is 3.04. The molecule has 4 amide bonds. The molecule has 122 heavy (non-hydrogen) atoms. The van der Waals surface area contributed by atoms with Crippen LogP contribution in [0, 0.1) is 0 Å². The first-order valence-electron chi connectivity index (χ1n) is 39.9. The number of carbonyl (C=O) groups excluding carboxylic acids is 5. The van der Waals surface area contributed by atoms with E-state index in [1.807, 2.05) is 13.8 Å². The van der Waals surface area contributed by atoms with Gasteiger partial charge in [-0.05, 0) is 0 Å². The Morgan fingerprint density at radius 3 is 0.869 bits per heavy atom. The van der Waals surface area contributed by atoms with Gasteiger partial charge < -0.3 is 224 Å². The van der Waals surface area contributed by atoms with Crippen molar-refractivity contribution in [3.63, 3.8) is 0 Å². The number of unbranched alkanes of at least 4 members (excludes halogenated alkanes) is 1. The number of nitrogens with one attached hydrogen (secondary N) is 4. The number of hydrogen-bond donors (Lipinski definition) is 28. The second kappa shape index (κ2) is 48.9. The summed E-state index contributed by atoms with van der Waals surface area (Å²) in [5.74, 6) is -4.02. The number of Topliss-reactive ketones (excluding diaryl/α,β-unsaturated/α-hetero) is 1. The second-order valence-corrected chi connectivity index (χ2v) is 30.7. The third-order valence-electron chi connectivity index (χ3n) is 21.6. The smallest absolute Gasteiger partial charge is 0.217 e. The molecule has 9 fully saturated rings. The maximum absolute atomic E-state index is 13.1. The first-order chi connectivity index (χ1) is 57.8. The first kappa shape index (κ1) is 105. The van der Waals surface area contributed by atoms with Crippen LogP contribution in [0.4, 0.5) is 0 Å². The number of aliphatic hydroxyl groups is 24. The fourth-order valence-corrected chi connectivity index (χ4v) is 15.3. The van der Waals surface area contributed by atoms with Crippen molar-refractivity contribution in [1.29, 1.82) is 0 Å². The quantitative estimate of drug-likeness (QED) is 0.0271. The van der Waals surface area contributed by atoms with Crippen LogP contribution < -0.4 is 21.3 Å². The second-order valence-electron chi connectivity index (χ2n) is 30.2. The van der Waals surface area contributed by atoms with Crippen molar-refractivity contribution in [2.45, 2.75) is 351 Å². The van der Waals surface area contributed by atoms with E-state index in [2.05, 4.69) is 51.0 Å². The minimum absolute atomic E-state index is 0.188. The molecule has 9 saturated heterocycles. The van der Waals surface area contributed by atoms with Gasteiger partial charge in [-0.3, -0.25) is 24.0 Å². The Hall–Kier alpha value is -3.61.